The predicted octanol–water partition coefficient (Wildman–Crippen LogP) is 3.13. The van der Waals surface area contributed by atoms with E-state index in [0.29, 0.717) is 41.6 Å². The molecular formula is C24H30O8. The molecule has 3 rings (SSSR count). The van der Waals surface area contributed by atoms with Gasteiger partial charge in [-0.25, -0.2) is 0 Å². The Morgan fingerprint density at radius 3 is 2.06 bits per heavy atom. The van der Waals surface area contributed by atoms with E-state index in [0.717, 1.165) is 11.1 Å². The van der Waals surface area contributed by atoms with Crippen molar-refractivity contribution in [3.63, 3.8) is 0 Å². The lowest BCUT2D eigenvalue weighted by Gasteiger charge is -2.33. The maximum absolute atomic E-state index is 9.88. The quantitative estimate of drug-likeness (QED) is 0.568. The molecular weight excluding hydrogens is 416 g/mol. The van der Waals surface area contributed by atoms with Gasteiger partial charge in [-0.2, -0.15) is 0 Å². The van der Waals surface area contributed by atoms with Crippen LogP contribution in [-0.2, 0) is 4.74 Å². The van der Waals surface area contributed by atoms with Crippen LogP contribution in [0.1, 0.15) is 24.0 Å². The molecule has 8 heteroatoms. The van der Waals surface area contributed by atoms with Gasteiger partial charge in [-0.15, -0.1) is 0 Å². The van der Waals surface area contributed by atoms with Crippen LogP contribution in [0.3, 0.4) is 0 Å². The van der Waals surface area contributed by atoms with Gasteiger partial charge in [0.25, 0.3) is 0 Å². The predicted molar refractivity (Wildman–Crippen MR) is 120 cm³/mol. The molecule has 1 heterocycles. The van der Waals surface area contributed by atoms with Gasteiger partial charge >= 0.3 is 0 Å². The summed E-state index contributed by atoms with van der Waals surface area (Å²) in [6.45, 7) is -0.268. The highest BCUT2D eigenvalue weighted by molar-refractivity contribution is 5.73. The minimum Gasteiger partial charge on any atom is -0.493 e. The van der Waals surface area contributed by atoms with Crippen molar-refractivity contribution in [2.75, 3.05) is 35.0 Å². The number of aliphatic hydroxyl groups is 2. The van der Waals surface area contributed by atoms with Gasteiger partial charge in [0.05, 0.1) is 41.2 Å². The van der Waals surface area contributed by atoms with E-state index in [4.69, 9.17) is 28.4 Å². The Balaban J connectivity index is 1.82. The van der Waals surface area contributed by atoms with Gasteiger partial charge in [-0.05, 0) is 41.8 Å². The summed E-state index contributed by atoms with van der Waals surface area (Å²) in [5.74, 6) is 2.74. The number of benzene rings is 2. The zero-order valence-electron chi connectivity index (χ0n) is 18.7. The maximum atomic E-state index is 9.88. The number of ether oxygens (including phenoxy) is 6. The number of methoxy groups -OCH3 is 4. The second-order valence-corrected chi connectivity index (χ2v) is 7.25. The van der Waals surface area contributed by atoms with E-state index >= 15 is 0 Å². The van der Waals surface area contributed by atoms with Gasteiger partial charge < -0.3 is 38.6 Å². The molecule has 1 aliphatic rings. The van der Waals surface area contributed by atoms with Crippen molar-refractivity contribution in [3.05, 3.63) is 41.5 Å². The molecule has 0 saturated carbocycles. The first-order valence-electron chi connectivity index (χ1n) is 10.3. The fraction of sp³-hybridized carbons (Fsp3) is 0.417. The lowest BCUT2D eigenvalue weighted by molar-refractivity contribution is -0.196. The molecule has 1 fully saturated rings. The highest BCUT2D eigenvalue weighted by Crippen LogP contribution is 2.39. The molecule has 2 aromatic carbocycles. The van der Waals surface area contributed by atoms with Crippen LogP contribution in [0, 0.1) is 0 Å². The Bertz CT molecular complexity index is 901. The highest BCUT2D eigenvalue weighted by Gasteiger charge is 2.31. The normalized spacial score (nSPS) is 20.8. The summed E-state index contributed by atoms with van der Waals surface area (Å²) in [5.41, 5.74) is 1.75. The van der Waals surface area contributed by atoms with Gasteiger partial charge in [0.2, 0.25) is 12.0 Å². The van der Waals surface area contributed by atoms with Crippen molar-refractivity contribution in [2.45, 2.75) is 31.3 Å². The molecule has 174 valence electrons. The van der Waals surface area contributed by atoms with Gasteiger partial charge in [0.15, 0.2) is 23.0 Å². The summed E-state index contributed by atoms with van der Waals surface area (Å²) in [6.07, 6.45) is 2.89. The molecule has 2 aromatic rings. The number of rotatable bonds is 9. The first-order chi connectivity index (χ1) is 15.5. The smallest absolute Gasteiger partial charge is 0.203 e. The fourth-order valence-electron chi connectivity index (χ4n) is 3.52. The van der Waals surface area contributed by atoms with Gasteiger partial charge in [0, 0.05) is 6.42 Å². The van der Waals surface area contributed by atoms with Crippen LogP contribution < -0.4 is 23.7 Å². The molecule has 0 bridgehead atoms. The van der Waals surface area contributed by atoms with E-state index in [-0.39, 0.29) is 6.61 Å². The van der Waals surface area contributed by atoms with Gasteiger partial charge in [-0.3, -0.25) is 0 Å². The van der Waals surface area contributed by atoms with Gasteiger partial charge in [0.1, 0.15) is 6.10 Å². The van der Waals surface area contributed by atoms with Crippen LogP contribution in [0.5, 0.6) is 28.7 Å². The molecule has 0 aliphatic carbocycles. The Morgan fingerprint density at radius 1 is 0.844 bits per heavy atom. The lowest BCUT2D eigenvalue weighted by atomic mass is 10.1. The number of hydrogen-bond donors (Lipinski definition) is 2. The third-order valence-electron chi connectivity index (χ3n) is 5.24. The zero-order valence-corrected chi connectivity index (χ0v) is 18.7. The van der Waals surface area contributed by atoms with E-state index < -0.39 is 18.5 Å². The third-order valence-corrected chi connectivity index (χ3v) is 5.24. The number of hydrogen-bond acceptors (Lipinski definition) is 8. The lowest BCUT2D eigenvalue weighted by Crippen LogP contribution is -2.43. The molecule has 1 saturated heterocycles. The van der Waals surface area contributed by atoms with Crippen molar-refractivity contribution >= 4 is 12.2 Å². The Kier molecular flexibility index (Phi) is 8.21. The summed E-state index contributed by atoms with van der Waals surface area (Å²) in [4.78, 5) is 0. The van der Waals surface area contributed by atoms with Crippen LogP contribution in [0.25, 0.3) is 12.2 Å². The molecule has 0 amide bonds. The average Bonchev–Trinajstić information content (AvgIpc) is 2.83. The SMILES string of the molecule is COc1ccc(/C=C\c2cc(OC)c(OC)c(OC)c2)cc1OC1CCC(O)C(CO)O1. The zero-order chi connectivity index (χ0) is 23.1. The van der Waals surface area contributed by atoms with Crippen LogP contribution in [0.4, 0.5) is 0 Å². The monoisotopic (exact) mass is 446 g/mol. The largest absolute Gasteiger partial charge is 0.493 e. The first kappa shape index (κ1) is 23.7. The molecule has 32 heavy (non-hydrogen) atoms. The maximum Gasteiger partial charge on any atom is 0.203 e. The molecule has 1 aliphatic heterocycles. The van der Waals surface area contributed by atoms with Crippen molar-refractivity contribution in [3.8, 4) is 28.7 Å². The second kappa shape index (κ2) is 11.1. The van der Waals surface area contributed by atoms with Crippen LogP contribution in [0.15, 0.2) is 30.3 Å². The summed E-state index contributed by atoms with van der Waals surface area (Å²) in [7, 11) is 6.28. The Labute approximate surface area is 187 Å². The molecule has 0 spiro atoms. The van der Waals surface area contributed by atoms with Crippen molar-refractivity contribution < 1.29 is 38.6 Å². The molecule has 0 radical (unpaired) electrons. The molecule has 8 nitrogen and oxygen atoms in total. The van der Waals surface area contributed by atoms with E-state index in [1.165, 1.54) is 0 Å². The highest BCUT2D eigenvalue weighted by atomic mass is 16.7. The molecule has 2 N–H and O–H groups in total. The van der Waals surface area contributed by atoms with E-state index in [1.54, 1.807) is 28.4 Å². The second-order valence-electron chi connectivity index (χ2n) is 7.25. The van der Waals surface area contributed by atoms with E-state index in [9.17, 15) is 10.2 Å². The van der Waals surface area contributed by atoms with Crippen molar-refractivity contribution in [2.24, 2.45) is 0 Å². The van der Waals surface area contributed by atoms with Crippen LogP contribution in [0.2, 0.25) is 0 Å². The topological polar surface area (TPSA) is 95.8 Å². The summed E-state index contributed by atoms with van der Waals surface area (Å²) in [6, 6.07) is 9.27. The first-order valence-corrected chi connectivity index (χ1v) is 10.3. The van der Waals surface area contributed by atoms with Crippen LogP contribution in [-0.4, -0.2) is 63.8 Å². The summed E-state index contributed by atoms with van der Waals surface area (Å²) >= 11 is 0. The Hall–Kier alpha value is -2.94. The van der Waals surface area contributed by atoms with Gasteiger partial charge in [-0.1, -0.05) is 18.2 Å². The molecule has 0 aromatic heterocycles. The third kappa shape index (κ3) is 5.45. The molecule has 3 atom stereocenters. The van der Waals surface area contributed by atoms with Crippen molar-refractivity contribution in [1.29, 1.82) is 0 Å². The fourth-order valence-corrected chi connectivity index (χ4v) is 3.52. The summed E-state index contributed by atoms with van der Waals surface area (Å²) in [5, 5.41) is 19.3. The number of aliphatic hydroxyl groups excluding tert-OH is 2. The van der Waals surface area contributed by atoms with E-state index in [1.807, 2.05) is 42.5 Å². The molecule has 3 unspecified atom stereocenters. The van der Waals surface area contributed by atoms with Crippen molar-refractivity contribution in [1.82, 2.24) is 0 Å². The van der Waals surface area contributed by atoms with E-state index in [2.05, 4.69) is 0 Å². The average molecular weight is 446 g/mol. The minimum absolute atomic E-state index is 0.268. The summed E-state index contributed by atoms with van der Waals surface area (Å²) < 4.78 is 33.2. The standard InChI is InChI=1S/C24H30O8/c1-27-18-9-7-15(11-19(18)31-23-10-8-17(26)22(14-25)32-23)5-6-16-12-20(28-2)24(30-4)21(13-16)29-3/h5-7,9,11-13,17,22-23,25-26H,8,10,14H2,1-4H3/b6-5-. The Morgan fingerprint density at radius 2 is 1.47 bits per heavy atom. The minimum atomic E-state index is -0.700. The van der Waals surface area contributed by atoms with Crippen LogP contribution >= 0.6 is 0 Å².